The highest BCUT2D eigenvalue weighted by molar-refractivity contribution is 5.78. The molecule has 2 aliphatic rings. The van der Waals surface area contributed by atoms with E-state index in [0.29, 0.717) is 19.6 Å². The minimum atomic E-state index is -0.618. The molecule has 0 radical (unpaired) electrons. The van der Waals surface area contributed by atoms with E-state index in [1.807, 2.05) is 30.3 Å². The van der Waals surface area contributed by atoms with Gasteiger partial charge in [-0.05, 0) is 38.1 Å². The normalized spacial score (nSPS) is 26.2. The molecule has 0 bridgehead atoms. The number of β-amino-alcohol motifs (C(OH)–C–C–N with tert-alkyl or cyclic N) is 1. The van der Waals surface area contributed by atoms with Crippen LogP contribution in [0.15, 0.2) is 30.3 Å². The Hall–Kier alpha value is -1.59. The molecule has 0 spiro atoms. The van der Waals surface area contributed by atoms with E-state index >= 15 is 0 Å². The summed E-state index contributed by atoms with van der Waals surface area (Å²) in [6.45, 7) is 3.30. The van der Waals surface area contributed by atoms with Crippen LogP contribution in [0.2, 0.25) is 0 Å². The van der Waals surface area contributed by atoms with Crippen LogP contribution in [-0.4, -0.2) is 65.7 Å². The van der Waals surface area contributed by atoms with Crippen molar-refractivity contribution in [1.82, 2.24) is 9.80 Å². The topological polar surface area (TPSA) is 53.0 Å². The van der Waals surface area contributed by atoms with Crippen LogP contribution in [0.3, 0.4) is 0 Å². The Morgan fingerprint density at radius 1 is 1.19 bits per heavy atom. The molecule has 0 saturated carbocycles. The molecule has 114 valence electrons. The van der Waals surface area contributed by atoms with E-state index in [-0.39, 0.29) is 12.0 Å². The fourth-order valence-electron chi connectivity index (χ4n) is 2.98. The first kappa shape index (κ1) is 14.4. The smallest absolute Gasteiger partial charge is 0.236 e. The minimum Gasteiger partial charge on any atom is -0.486 e. The molecule has 2 saturated heterocycles. The van der Waals surface area contributed by atoms with Crippen LogP contribution in [0.4, 0.5) is 0 Å². The summed E-state index contributed by atoms with van der Waals surface area (Å²) in [6.07, 6.45) is 1.40. The number of aliphatic hydroxyl groups is 1. The Morgan fingerprint density at radius 2 is 1.90 bits per heavy atom. The van der Waals surface area contributed by atoms with Crippen LogP contribution in [0.5, 0.6) is 5.75 Å². The third-order valence-electron chi connectivity index (χ3n) is 4.18. The van der Waals surface area contributed by atoms with Gasteiger partial charge < -0.3 is 14.7 Å². The number of amides is 1. The van der Waals surface area contributed by atoms with Gasteiger partial charge in [0.1, 0.15) is 18.0 Å². The fourth-order valence-corrected chi connectivity index (χ4v) is 2.98. The number of nitrogens with zero attached hydrogens (tertiary/aromatic N) is 2. The molecule has 0 unspecified atom stereocenters. The van der Waals surface area contributed by atoms with Crippen molar-refractivity contribution >= 4 is 5.91 Å². The quantitative estimate of drug-likeness (QED) is 0.888. The number of benzene rings is 1. The monoisotopic (exact) mass is 290 g/mol. The minimum absolute atomic E-state index is 0.0927. The highest BCUT2D eigenvalue weighted by atomic mass is 16.5. The van der Waals surface area contributed by atoms with Gasteiger partial charge in [-0.15, -0.1) is 0 Å². The lowest BCUT2D eigenvalue weighted by atomic mass is 10.2. The van der Waals surface area contributed by atoms with Gasteiger partial charge in [-0.2, -0.15) is 0 Å². The molecule has 21 heavy (non-hydrogen) atoms. The van der Waals surface area contributed by atoms with Gasteiger partial charge in [0.25, 0.3) is 0 Å². The summed E-state index contributed by atoms with van der Waals surface area (Å²) in [5.74, 6) is 0.825. The number of carbonyl (C=O) groups is 1. The maximum absolute atomic E-state index is 12.3. The van der Waals surface area contributed by atoms with E-state index in [0.717, 1.165) is 18.8 Å². The number of rotatable bonds is 4. The Bertz CT molecular complexity index is 474. The molecule has 1 amide bonds. The zero-order chi connectivity index (χ0) is 14.7. The molecule has 0 aliphatic carbocycles. The van der Waals surface area contributed by atoms with Crippen molar-refractivity contribution in [3.63, 3.8) is 0 Å². The van der Waals surface area contributed by atoms with Gasteiger partial charge in [0.2, 0.25) is 5.91 Å². The second-order valence-electron chi connectivity index (χ2n) is 5.82. The van der Waals surface area contributed by atoms with Crippen LogP contribution < -0.4 is 4.74 Å². The third-order valence-corrected chi connectivity index (χ3v) is 4.18. The molecular formula is C16H22N2O3. The summed E-state index contributed by atoms with van der Waals surface area (Å²) in [4.78, 5) is 16.2. The molecule has 0 aromatic heterocycles. The molecule has 5 heteroatoms. The summed E-state index contributed by atoms with van der Waals surface area (Å²) in [6, 6.07) is 9.44. The lowest BCUT2D eigenvalue weighted by Crippen LogP contribution is -2.39. The molecule has 2 heterocycles. The first-order chi connectivity index (χ1) is 10.2. The van der Waals surface area contributed by atoms with Gasteiger partial charge in [0.05, 0.1) is 19.6 Å². The molecular weight excluding hydrogens is 268 g/mol. The zero-order valence-electron chi connectivity index (χ0n) is 12.1. The maximum Gasteiger partial charge on any atom is 0.236 e. The van der Waals surface area contributed by atoms with Crippen molar-refractivity contribution in [1.29, 1.82) is 0 Å². The zero-order valence-corrected chi connectivity index (χ0v) is 12.1. The van der Waals surface area contributed by atoms with Crippen LogP contribution in [0.1, 0.15) is 12.8 Å². The van der Waals surface area contributed by atoms with Crippen LogP contribution >= 0.6 is 0 Å². The highest BCUT2D eigenvalue weighted by Crippen LogP contribution is 2.19. The van der Waals surface area contributed by atoms with Crippen molar-refractivity contribution < 1.29 is 14.6 Å². The third kappa shape index (κ3) is 3.54. The SMILES string of the molecule is O=C(CN1CCCC1)N1C[C@@H](O)[C@H](Oc2ccccc2)C1. The van der Waals surface area contributed by atoms with E-state index in [2.05, 4.69) is 4.90 Å². The number of carbonyl (C=O) groups excluding carboxylic acids is 1. The number of hydrogen-bond acceptors (Lipinski definition) is 4. The summed E-state index contributed by atoms with van der Waals surface area (Å²) in [5.41, 5.74) is 0. The largest absolute Gasteiger partial charge is 0.486 e. The molecule has 2 fully saturated rings. The average molecular weight is 290 g/mol. The molecule has 2 aliphatic heterocycles. The van der Waals surface area contributed by atoms with Crippen molar-refractivity contribution in [2.24, 2.45) is 0 Å². The molecule has 5 nitrogen and oxygen atoms in total. The molecule has 1 N–H and O–H groups in total. The molecule has 2 atom stereocenters. The molecule has 1 aromatic carbocycles. The lowest BCUT2D eigenvalue weighted by Gasteiger charge is -2.20. The summed E-state index contributed by atoms with van der Waals surface area (Å²) in [7, 11) is 0. The van der Waals surface area contributed by atoms with E-state index in [1.54, 1.807) is 4.90 Å². The number of hydrogen-bond donors (Lipinski definition) is 1. The predicted molar refractivity (Wildman–Crippen MR) is 79.1 cm³/mol. The van der Waals surface area contributed by atoms with E-state index in [9.17, 15) is 9.90 Å². The van der Waals surface area contributed by atoms with Crippen molar-refractivity contribution in [3.8, 4) is 5.75 Å². The van der Waals surface area contributed by atoms with E-state index < -0.39 is 6.10 Å². The van der Waals surface area contributed by atoms with Crippen LogP contribution in [0.25, 0.3) is 0 Å². The van der Waals surface area contributed by atoms with Gasteiger partial charge in [-0.3, -0.25) is 9.69 Å². The van der Waals surface area contributed by atoms with Crippen molar-refractivity contribution in [2.45, 2.75) is 25.0 Å². The van der Waals surface area contributed by atoms with Gasteiger partial charge in [-0.25, -0.2) is 0 Å². The first-order valence-electron chi connectivity index (χ1n) is 7.62. The number of para-hydroxylation sites is 1. The van der Waals surface area contributed by atoms with Gasteiger partial charge in [-0.1, -0.05) is 18.2 Å². The first-order valence-corrected chi connectivity index (χ1v) is 7.62. The Balaban J connectivity index is 1.54. The number of aliphatic hydroxyl groups excluding tert-OH is 1. The summed E-state index contributed by atoms with van der Waals surface area (Å²) >= 11 is 0. The second-order valence-corrected chi connectivity index (χ2v) is 5.82. The van der Waals surface area contributed by atoms with Crippen molar-refractivity contribution in [3.05, 3.63) is 30.3 Å². The standard InChI is InChI=1S/C16H22N2O3/c19-14-10-18(16(20)12-17-8-4-5-9-17)11-15(14)21-13-6-2-1-3-7-13/h1-3,6-7,14-15,19H,4-5,8-12H2/t14-,15-/m1/s1. The molecule has 3 rings (SSSR count). The Kier molecular flexibility index (Phi) is 4.41. The second kappa shape index (κ2) is 6.45. The van der Waals surface area contributed by atoms with Crippen LogP contribution in [0, 0.1) is 0 Å². The highest BCUT2D eigenvalue weighted by Gasteiger charge is 2.36. The summed E-state index contributed by atoms with van der Waals surface area (Å²) in [5, 5.41) is 10.1. The maximum atomic E-state index is 12.3. The van der Waals surface area contributed by atoms with Gasteiger partial charge >= 0.3 is 0 Å². The Morgan fingerprint density at radius 3 is 2.62 bits per heavy atom. The number of likely N-dealkylation sites (tertiary alicyclic amines) is 2. The van der Waals surface area contributed by atoms with Crippen molar-refractivity contribution in [2.75, 3.05) is 32.7 Å². The lowest BCUT2D eigenvalue weighted by molar-refractivity contribution is -0.131. The van der Waals surface area contributed by atoms with Gasteiger partial charge in [0, 0.05) is 0 Å². The van der Waals surface area contributed by atoms with E-state index in [4.69, 9.17) is 4.74 Å². The predicted octanol–water partition coefficient (Wildman–Crippen LogP) is 0.733. The molecule has 1 aromatic rings. The Labute approximate surface area is 125 Å². The van der Waals surface area contributed by atoms with Crippen LogP contribution in [-0.2, 0) is 4.79 Å². The summed E-state index contributed by atoms with van der Waals surface area (Å²) < 4.78 is 5.78. The fraction of sp³-hybridized carbons (Fsp3) is 0.562. The average Bonchev–Trinajstić information content (AvgIpc) is 3.11. The van der Waals surface area contributed by atoms with E-state index in [1.165, 1.54) is 12.8 Å². The van der Waals surface area contributed by atoms with Gasteiger partial charge in [0.15, 0.2) is 0 Å². The number of ether oxygens (including phenoxy) is 1.